The zero-order chi connectivity index (χ0) is 26.1. The predicted molar refractivity (Wildman–Crippen MR) is 145 cm³/mol. The molecular weight excluding hydrogens is 574 g/mol. The summed E-state index contributed by atoms with van der Waals surface area (Å²) in [5.41, 5.74) is -0.762. The van der Waals surface area contributed by atoms with Gasteiger partial charge in [-0.2, -0.15) is 4.37 Å². The lowest BCUT2D eigenvalue weighted by Crippen LogP contribution is -2.41. The molecule has 12 heteroatoms. The van der Waals surface area contributed by atoms with Crippen LogP contribution in [0.1, 0.15) is 63.0 Å². The number of carbonyl (C=O) groups is 3. The van der Waals surface area contributed by atoms with Gasteiger partial charge in [-0.1, -0.05) is 6.07 Å². The highest BCUT2D eigenvalue weighted by molar-refractivity contribution is 9.10. The second-order valence-corrected chi connectivity index (χ2v) is 13.4. The van der Waals surface area contributed by atoms with E-state index < -0.39 is 29.4 Å². The SMILES string of the molecule is CC(NC(=O)OC(C)(C)C)C(=O)c1sc2c(N(Cc3cccs3)C(=O)OC(C)(C)C)snc2c1Br. The number of nitrogens with one attached hydrogen (secondary N) is 1. The molecule has 1 N–H and O–H groups in total. The Labute approximate surface area is 224 Å². The third kappa shape index (κ3) is 7.02. The number of carbonyl (C=O) groups excluding carboxylic acids is 3. The van der Waals surface area contributed by atoms with Crippen molar-refractivity contribution < 1.29 is 23.9 Å². The average Bonchev–Trinajstić information content (AvgIpc) is 3.41. The van der Waals surface area contributed by atoms with Crippen LogP contribution in [0.25, 0.3) is 10.2 Å². The smallest absolute Gasteiger partial charge is 0.415 e. The molecule has 1 atom stereocenters. The summed E-state index contributed by atoms with van der Waals surface area (Å²) in [5.74, 6) is -0.288. The van der Waals surface area contributed by atoms with Crippen molar-refractivity contribution in [3.05, 3.63) is 31.7 Å². The third-order valence-electron chi connectivity index (χ3n) is 4.35. The topological polar surface area (TPSA) is 97.8 Å². The van der Waals surface area contributed by atoms with E-state index in [2.05, 4.69) is 25.6 Å². The number of halogens is 1. The predicted octanol–water partition coefficient (Wildman–Crippen LogP) is 7.22. The molecule has 1 unspecified atom stereocenters. The maximum absolute atomic E-state index is 13.2. The Morgan fingerprint density at radius 1 is 1.14 bits per heavy atom. The molecule has 8 nitrogen and oxygen atoms in total. The van der Waals surface area contributed by atoms with Gasteiger partial charge in [-0.15, -0.1) is 22.7 Å². The van der Waals surface area contributed by atoms with Crippen molar-refractivity contribution in [3.63, 3.8) is 0 Å². The number of hydrogen-bond acceptors (Lipinski definition) is 9. The molecule has 3 aromatic heterocycles. The fraction of sp³-hybridized carbons (Fsp3) is 0.478. The summed E-state index contributed by atoms with van der Waals surface area (Å²) in [6.45, 7) is 12.6. The molecule has 0 bridgehead atoms. The Balaban J connectivity index is 1.93. The number of nitrogens with zero attached hydrogens (tertiary/aromatic N) is 2. The number of rotatable bonds is 6. The fourth-order valence-electron chi connectivity index (χ4n) is 2.93. The van der Waals surface area contributed by atoms with Crippen molar-refractivity contribution in [2.75, 3.05) is 4.90 Å². The van der Waals surface area contributed by atoms with Crippen LogP contribution >= 0.6 is 50.1 Å². The van der Waals surface area contributed by atoms with Gasteiger partial charge >= 0.3 is 12.2 Å². The Kier molecular flexibility index (Phi) is 8.30. The standard InChI is InChI=1S/C23H28BrN3O5S3/c1-12(25-20(29)31-22(2,3)4)16(28)17-14(24)15-18(34-17)19(35-26-15)27(11-13-9-8-10-33-13)21(30)32-23(5,6)7/h8-10,12H,11H2,1-7H3,(H,25,29). The van der Waals surface area contributed by atoms with E-state index in [1.54, 1.807) is 32.6 Å². The van der Waals surface area contributed by atoms with Gasteiger partial charge < -0.3 is 14.8 Å². The zero-order valence-corrected chi connectivity index (χ0v) is 24.6. The number of ether oxygens (including phenoxy) is 2. The molecule has 0 saturated heterocycles. The van der Waals surface area contributed by atoms with E-state index in [0.717, 1.165) is 4.88 Å². The van der Waals surface area contributed by atoms with Crippen molar-refractivity contribution in [3.8, 4) is 0 Å². The van der Waals surface area contributed by atoms with Gasteiger partial charge in [-0.3, -0.25) is 9.69 Å². The molecule has 0 spiro atoms. The van der Waals surface area contributed by atoms with Gasteiger partial charge in [0.1, 0.15) is 21.7 Å². The van der Waals surface area contributed by atoms with Crippen LogP contribution in [0.3, 0.4) is 0 Å². The Hall–Kier alpha value is -2.02. The van der Waals surface area contributed by atoms with Gasteiger partial charge in [0, 0.05) is 4.88 Å². The summed E-state index contributed by atoms with van der Waals surface area (Å²) in [4.78, 5) is 41.4. The van der Waals surface area contributed by atoms with Gasteiger partial charge in [0.2, 0.25) is 0 Å². The van der Waals surface area contributed by atoms with E-state index >= 15 is 0 Å². The molecule has 0 aliphatic carbocycles. The van der Waals surface area contributed by atoms with Gasteiger partial charge in [0.05, 0.1) is 26.6 Å². The molecule has 3 heterocycles. The van der Waals surface area contributed by atoms with Crippen LogP contribution in [-0.2, 0) is 16.0 Å². The maximum atomic E-state index is 13.2. The van der Waals surface area contributed by atoms with E-state index in [-0.39, 0.29) is 5.78 Å². The van der Waals surface area contributed by atoms with Gasteiger partial charge in [-0.25, -0.2) is 9.59 Å². The van der Waals surface area contributed by atoms with E-state index in [0.29, 0.717) is 31.1 Å². The number of Topliss-reactive ketones (excluding diaryl/α,β-unsaturated/α-hetero) is 1. The number of fused-ring (bicyclic) bond motifs is 1. The number of thiophene rings is 2. The molecule has 0 fully saturated rings. The fourth-order valence-corrected chi connectivity index (χ4v) is 6.78. The van der Waals surface area contributed by atoms with Crippen molar-refractivity contribution in [2.45, 2.75) is 72.3 Å². The summed E-state index contributed by atoms with van der Waals surface area (Å²) in [6, 6.07) is 3.06. The minimum absolute atomic E-state index is 0.288. The van der Waals surface area contributed by atoms with E-state index in [1.807, 2.05) is 38.3 Å². The van der Waals surface area contributed by atoms with Crippen molar-refractivity contribution in [1.82, 2.24) is 9.69 Å². The Morgan fingerprint density at radius 3 is 2.37 bits per heavy atom. The lowest BCUT2D eigenvalue weighted by atomic mass is 10.2. The molecule has 0 aliphatic heterocycles. The molecule has 2 amide bonds. The number of ketones is 1. The van der Waals surface area contributed by atoms with E-state index in [1.165, 1.54) is 34.2 Å². The molecule has 3 aromatic rings. The van der Waals surface area contributed by atoms with Crippen LogP contribution < -0.4 is 10.2 Å². The normalized spacial score (nSPS) is 12.9. The molecule has 0 aliphatic rings. The average molecular weight is 603 g/mol. The van der Waals surface area contributed by atoms with Crippen LogP contribution in [0.5, 0.6) is 0 Å². The third-order valence-corrected chi connectivity index (χ3v) is 8.44. The zero-order valence-electron chi connectivity index (χ0n) is 20.6. The van der Waals surface area contributed by atoms with Gasteiger partial charge in [-0.05, 0) is 87.4 Å². The van der Waals surface area contributed by atoms with Gasteiger partial charge in [0.15, 0.2) is 5.78 Å². The van der Waals surface area contributed by atoms with Crippen molar-refractivity contribution in [2.24, 2.45) is 0 Å². The van der Waals surface area contributed by atoms with Crippen LogP contribution in [0, 0.1) is 0 Å². The lowest BCUT2D eigenvalue weighted by Gasteiger charge is -2.26. The highest BCUT2D eigenvalue weighted by Gasteiger charge is 2.31. The molecular formula is C23H28BrN3O5S3. The number of hydrogen-bond donors (Lipinski definition) is 1. The highest BCUT2D eigenvalue weighted by Crippen LogP contribution is 2.44. The lowest BCUT2D eigenvalue weighted by molar-refractivity contribution is 0.0496. The van der Waals surface area contributed by atoms with Crippen molar-refractivity contribution >= 4 is 83.3 Å². The van der Waals surface area contributed by atoms with E-state index in [4.69, 9.17) is 9.47 Å². The summed E-state index contributed by atoms with van der Waals surface area (Å²) in [5, 5.41) is 5.13. The molecule has 35 heavy (non-hydrogen) atoms. The van der Waals surface area contributed by atoms with Crippen LogP contribution in [0.2, 0.25) is 0 Å². The highest BCUT2D eigenvalue weighted by atomic mass is 79.9. The number of anilines is 1. The van der Waals surface area contributed by atoms with Crippen LogP contribution in [0.15, 0.2) is 22.0 Å². The summed E-state index contributed by atoms with van der Waals surface area (Å²) in [6.07, 6.45) is -1.16. The largest absolute Gasteiger partial charge is 0.444 e. The Morgan fingerprint density at radius 2 is 1.80 bits per heavy atom. The minimum atomic E-state index is -0.816. The molecule has 0 aromatic carbocycles. The first-order valence-corrected chi connectivity index (χ1v) is 14.1. The molecule has 3 rings (SSSR count). The van der Waals surface area contributed by atoms with Crippen LogP contribution in [-0.4, -0.2) is 39.6 Å². The maximum Gasteiger partial charge on any atom is 0.415 e. The summed E-state index contributed by atoms with van der Waals surface area (Å²) in [7, 11) is 0. The number of aromatic nitrogens is 1. The quantitative estimate of drug-likeness (QED) is 0.299. The number of amides is 2. The first-order chi connectivity index (χ1) is 16.2. The second-order valence-electron chi connectivity index (χ2n) is 9.79. The van der Waals surface area contributed by atoms with Crippen molar-refractivity contribution in [1.29, 1.82) is 0 Å². The van der Waals surface area contributed by atoms with Gasteiger partial charge in [0.25, 0.3) is 0 Å². The Bertz CT molecular complexity index is 1220. The monoisotopic (exact) mass is 601 g/mol. The molecule has 0 saturated carbocycles. The van der Waals surface area contributed by atoms with E-state index in [9.17, 15) is 14.4 Å². The summed E-state index contributed by atoms with van der Waals surface area (Å²) >= 11 is 7.44. The molecule has 190 valence electrons. The minimum Gasteiger partial charge on any atom is -0.444 e. The second kappa shape index (κ2) is 10.5. The number of alkyl carbamates (subject to hydrolysis) is 1. The first-order valence-electron chi connectivity index (χ1n) is 10.8. The van der Waals surface area contributed by atoms with Crippen LogP contribution in [0.4, 0.5) is 14.6 Å². The molecule has 0 radical (unpaired) electrons. The summed E-state index contributed by atoms with van der Waals surface area (Å²) < 4.78 is 16.7. The first kappa shape index (κ1) is 27.6.